The topological polar surface area (TPSA) is 42.1 Å². The van der Waals surface area contributed by atoms with Crippen LogP contribution in [0, 0.1) is 6.92 Å². The molecule has 0 bridgehead atoms. The first-order valence-electron chi connectivity index (χ1n) is 7.03. The van der Waals surface area contributed by atoms with E-state index in [0.717, 1.165) is 13.0 Å². The van der Waals surface area contributed by atoms with E-state index in [-0.39, 0.29) is 12.1 Å². The van der Waals surface area contributed by atoms with Crippen molar-refractivity contribution in [2.45, 2.75) is 38.9 Å². The summed E-state index contributed by atoms with van der Waals surface area (Å²) in [7, 11) is 2.15. The van der Waals surface area contributed by atoms with Crippen molar-refractivity contribution in [3.8, 4) is 0 Å². The lowest BCUT2D eigenvalue weighted by Gasteiger charge is -2.31. The van der Waals surface area contributed by atoms with Gasteiger partial charge in [0, 0.05) is 34.7 Å². The Balaban J connectivity index is 2.18. The first kappa shape index (κ1) is 15.2. The van der Waals surface area contributed by atoms with Crippen molar-refractivity contribution < 1.29 is 0 Å². The fourth-order valence-electron chi connectivity index (χ4n) is 2.47. The first-order valence-corrected chi connectivity index (χ1v) is 7.84. The average molecular weight is 289 g/mol. The molecule has 0 aliphatic heterocycles. The number of thiophene rings is 1. The van der Waals surface area contributed by atoms with Gasteiger partial charge in [-0.15, -0.1) is 11.3 Å². The molecule has 0 aromatic carbocycles. The Bertz CT molecular complexity index is 524. The third-order valence-corrected chi connectivity index (χ3v) is 4.66. The highest BCUT2D eigenvalue weighted by atomic mass is 32.1. The summed E-state index contributed by atoms with van der Waals surface area (Å²) in [6.07, 6.45) is 4.66. The number of likely N-dealkylation sites (N-methyl/N-ethyl adjacent to an activating group) is 1. The highest BCUT2D eigenvalue weighted by Crippen LogP contribution is 2.30. The van der Waals surface area contributed by atoms with E-state index in [1.165, 1.54) is 15.3 Å². The highest BCUT2D eigenvalue weighted by Gasteiger charge is 2.24. The van der Waals surface area contributed by atoms with E-state index in [0.29, 0.717) is 0 Å². The molecule has 0 spiro atoms. The minimum Gasteiger partial charge on any atom is -0.326 e. The molecule has 2 heterocycles. The van der Waals surface area contributed by atoms with E-state index < -0.39 is 0 Å². The quantitative estimate of drug-likeness (QED) is 0.886. The number of pyridine rings is 1. The number of aryl methyl sites for hydroxylation is 1. The van der Waals surface area contributed by atoms with Gasteiger partial charge in [-0.05, 0) is 50.2 Å². The summed E-state index contributed by atoms with van der Waals surface area (Å²) in [5, 5.41) is 0. The standard InChI is InChI=1S/C16H23N3S/c1-4-14(17)16(15-6-5-12(2)20-15)19(3)11-13-7-9-18-10-8-13/h5-10,14,16H,4,11,17H2,1-3H3. The summed E-state index contributed by atoms with van der Waals surface area (Å²) in [5.74, 6) is 0. The van der Waals surface area contributed by atoms with Crippen LogP contribution in [0.3, 0.4) is 0 Å². The van der Waals surface area contributed by atoms with Gasteiger partial charge in [-0.25, -0.2) is 0 Å². The average Bonchev–Trinajstić information content (AvgIpc) is 2.86. The van der Waals surface area contributed by atoms with Gasteiger partial charge < -0.3 is 5.73 Å². The molecule has 2 atom stereocenters. The Morgan fingerprint density at radius 2 is 1.95 bits per heavy atom. The fraction of sp³-hybridized carbons (Fsp3) is 0.438. The Kier molecular flexibility index (Phi) is 5.29. The van der Waals surface area contributed by atoms with E-state index in [9.17, 15) is 0 Å². The molecule has 0 aliphatic rings. The Morgan fingerprint density at radius 1 is 1.25 bits per heavy atom. The maximum absolute atomic E-state index is 6.37. The Labute approximate surface area is 125 Å². The number of aromatic nitrogens is 1. The largest absolute Gasteiger partial charge is 0.326 e. The number of rotatable bonds is 6. The monoisotopic (exact) mass is 289 g/mol. The van der Waals surface area contributed by atoms with Gasteiger partial charge in [-0.3, -0.25) is 9.88 Å². The molecule has 2 unspecified atom stereocenters. The third kappa shape index (κ3) is 3.66. The molecule has 108 valence electrons. The van der Waals surface area contributed by atoms with E-state index in [1.807, 2.05) is 23.7 Å². The molecule has 0 saturated carbocycles. The van der Waals surface area contributed by atoms with Crippen molar-refractivity contribution in [3.63, 3.8) is 0 Å². The van der Waals surface area contributed by atoms with Crippen LogP contribution in [0.2, 0.25) is 0 Å². The van der Waals surface area contributed by atoms with Crippen LogP contribution in [-0.2, 0) is 6.54 Å². The lowest BCUT2D eigenvalue weighted by atomic mass is 10.0. The van der Waals surface area contributed by atoms with Crippen molar-refractivity contribution in [3.05, 3.63) is 52.0 Å². The van der Waals surface area contributed by atoms with Gasteiger partial charge in [0.2, 0.25) is 0 Å². The molecule has 4 heteroatoms. The molecule has 2 N–H and O–H groups in total. The number of nitrogens with zero attached hydrogens (tertiary/aromatic N) is 2. The van der Waals surface area contributed by atoms with E-state index in [2.05, 4.69) is 55.0 Å². The molecule has 0 aliphatic carbocycles. The molecule has 2 aromatic heterocycles. The minimum absolute atomic E-state index is 0.153. The predicted molar refractivity (Wildman–Crippen MR) is 85.8 cm³/mol. The zero-order valence-electron chi connectivity index (χ0n) is 12.4. The summed E-state index contributed by atoms with van der Waals surface area (Å²) in [6, 6.07) is 8.93. The first-order chi connectivity index (χ1) is 9.61. The maximum Gasteiger partial charge on any atom is 0.0593 e. The molecule has 0 fully saturated rings. The van der Waals surface area contributed by atoms with Crippen molar-refractivity contribution >= 4 is 11.3 Å². The Hall–Kier alpha value is -1.23. The van der Waals surface area contributed by atoms with Gasteiger partial charge in [0.05, 0.1) is 6.04 Å². The summed E-state index contributed by atoms with van der Waals surface area (Å²) in [6.45, 7) is 5.18. The van der Waals surface area contributed by atoms with Crippen molar-refractivity contribution in [1.29, 1.82) is 0 Å². The zero-order chi connectivity index (χ0) is 14.5. The second-order valence-corrected chi connectivity index (χ2v) is 6.56. The van der Waals surface area contributed by atoms with Gasteiger partial charge in [0.1, 0.15) is 0 Å². The summed E-state index contributed by atoms with van der Waals surface area (Å²) >= 11 is 1.84. The molecule has 0 amide bonds. The van der Waals surface area contributed by atoms with Crippen LogP contribution in [0.25, 0.3) is 0 Å². The molecule has 2 aromatic rings. The van der Waals surface area contributed by atoms with Crippen LogP contribution in [-0.4, -0.2) is 23.0 Å². The van der Waals surface area contributed by atoms with Gasteiger partial charge in [-0.2, -0.15) is 0 Å². The zero-order valence-corrected chi connectivity index (χ0v) is 13.2. The smallest absolute Gasteiger partial charge is 0.0593 e. The van der Waals surface area contributed by atoms with Crippen molar-refractivity contribution in [2.75, 3.05) is 7.05 Å². The molecule has 3 nitrogen and oxygen atoms in total. The maximum atomic E-state index is 6.37. The Morgan fingerprint density at radius 3 is 2.50 bits per heavy atom. The van der Waals surface area contributed by atoms with Crippen LogP contribution in [0.1, 0.15) is 34.7 Å². The summed E-state index contributed by atoms with van der Waals surface area (Å²) in [4.78, 5) is 9.10. The fourth-order valence-corrected chi connectivity index (χ4v) is 3.58. The van der Waals surface area contributed by atoms with Crippen molar-refractivity contribution in [2.24, 2.45) is 5.73 Å². The van der Waals surface area contributed by atoms with Crippen LogP contribution < -0.4 is 5.73 Å². The second kappa shape index (κ2) is 6.97. The van der Waals surface area contributed by atoms with E-state index in [4.69, 9.17) is 5.73 Å². The van der Waals surface area contributed by atoms with Crippen LogP contribution in [0.15, 0.2) is 36.7 Å². The SMILES string of the molecule is CCC(N)C(c1ccc(C)s1)N(C)Cc1ccncc1. The van der Waals surface area contributed by atoms with Gasteiger partial charge in [0.15, 0.2) is 0 Å². The predicted octanol–water partition coefficient (Wildman–Crippen LogP) is 3.36. The lowest BCUT2D eigenvalue weighted by molar-refractivity contribution is 0.205. The van der Waals surface area contributed by atoms with Crippen LogP contribution >= 0.6 is 11.3 Å². The number of nitrogens with two attached hydrogens (primary N) is 1. The molecule has 20 heavy (non-hydrogen) atoms. The van der Waals surface area contributed by atoms with Crippen LogP contribution in [0.4, 0.5) is 0 Å². The lowest BCUT2D eigenvalue weighted by Crippen LogP contribution is -2.38. The van der Waals surface area contributed by atoms with E-state index in [1.54, 1.807) is 0 Å². The number of hydrogen-bond acceptors (Lipinski definition) is 4. The third-order valence-electron chi connectivity index (χ3n) is 3.59. The van der Waals surface area contributed by atoms with Crippen molar-refractivity contribution in [1.82, 2.24) is 9.88 Å². The minimum atomic E-state index is 0.153. The number of hydrogen-bond donors (Lipinski definition) is 1. The summed E-state index contributed by atoms with van der Waals surface area (Å²) < 4.78 is 0. The van der Waals surface area contributed by atoms with Crippen LogP contribution in [0.5, 0.6) is 0 Å². The van der Waals surface area contributed by atoms with Gasteiger partial charge in [0.25, 0.3) is 0 Å². The molecule has 0 radical (unpaired) electrons. The molecular formula is C16H23N3S. The van der Waals surface area contributed by atoms with Gasteiger partial charge in [-0.1, -0.05) is 6.92 Å². The molecule has 2 rings (SSSR count). The second-order valence-electron chi connectivity index (χ2n) is 5.24. The molecular weight excluding hydrogens is 266 g/mol. The molecule has 0 saturated heterocycles. The van der Waals surface area contributed by atoms with E-state index >= 15 is 0 Å². The van der Waals surface area contributed by atoms with Gasteiger partial charge >= 0.3 is 0 Å². The normalized spacial score (nSPS) is 14.4. The summed E-state index contributed by atoms with van der Waals surface area (Å²) in [5.41, 5.74) is 7.63. The highest BCUT2D eigenvalue weighted by molar-refractivity contribution is 7.12.